The van der Waals surface area contributed by atoms with E-state index in [1.807, 2.05) is 52.8 Å². The lowest BCUT2D eigenvalue weighted by Crippen LogP contribution is -2.65. The highest BCUT2D eigenvalue weighted by Gasteiger charge is 2.58. The van der Waals surface area contributed by atoms with E-state index < -0.39 is 16.4 Å². The van der Waals surface area contributed by atoms with Crippen molar-refractivity contribution in [2.45, 2.75) is 83.4 Å². The standard InChI is InChI=1S/C27H35N3O5/c1-25(2,3)27(14-16-15-30-18(23(32)29(16)6)8-7-9-20(30)31)17-10-11-19-22(21(17)28-24(27)33)34-13-12-26(4,5)35-19/h10-13,16,18H,7-9,14-15H2,1-6H3,(H,28,33)/t16-,18-,27-/m1/s1. The highest BCUT2D eigenvalue weighted by molar-refractivity contribution is 6.09. The summed E-state index contributed by atoms with van der Waals surface area (Å²) in [6, 6.07) is 3.14. The van der Waals surface area contributed by atoms with Crippen molar-refractivity contribution in [3.8, 4) is 11.5 Å². The lowest BCUT2D eigenvalue weighted by molar-refractivity contribution is -0.158. The molecule has 0 aromatic heterocycles. The number of likely N-dealkylation sites (N-methyl/N-ethyl adjacent to an activating group) is 1. The fourth-order valence-electron chi connectivity index (χ4n) is 6.15. The minimum atomic E-state index is -0.933. The summed E-state index contributed by atoms with van der Waals surface area (Å²) in [6.45, 7) is 10.5. The molecule has 8 heteroatoms. The SMILES string of the molecule is CN1C(=O)[C@H]2CCCC(=O)N2C[C@H]1C[C@]1(C(C)(C)C)C(=O)Nc2c1ccc1c2OC=CC(C)(C)O1. The second-order valence-corrected chi connectivity index (χ2v) is 11.8. The van der Waals surface area contributed by atoms with Crippen molar-refractivity contribution in [2.24, 2.45) is 5.41 Å². The van der Waals surface area contributed by atoms with Crippen LogP contribution in [0.25, 0.3) is 0 Å². The number of piperidine rings is 1. The zero-order chi connectivity index (χ0) is 25.3. The van der Waals surface area contributed by atoms with Gasteiger partial charge >= 0.3 is 0 Å². The van der Waals surface area contributed by atoms with E-state index in [-0.39, 0.29) is 29.8 Å². The second-order valence-electron chi connectivity index (χ2n) is 11.8. The first kappa shape index (κ1) is 23.7. The van der Waals surface area contributed by atoms with Crippen LogP contribution in [-0.2, 0) is 19.8 Å². The number of benzene rings is 1. The Morgan fingerprint density at radius 2 is 1.91 bits per heavy atom. The zero-order valence-corrected chi connectivity index (χ0v) is 21.4. The van der Waals surface area contributed by atoms with Crippen LogP contribution in [-0.4, -0.2) is 58.8 Å². The van der Waals surface area contributed by atoms with E-state index in [4.69, 9.17) is 9.47 Å². The molecule has 0 aliphatic carbocycles. The number of nitrogens with one attached hydrogen (secondary N) is 1. The number of carbonyl (C=O) groups excluding carboxylic acids is 3. The van der Waals surface area contributed by atoms with Crippen molar-refractivity contribution >= 4 is 23.4 Å². The van der Waals surface area contributed by atoms with E-state index in [1.54, 1.807) is 23.1 Å². The lowest BCUT2D eigenvalue weighted by atomic mass is 9.60. The Balaban J connectivity index is 1.58. The Bertz CT molecular complexity index is 1130. The van der Waals surface area contributed by atoms with Gasteiger partial charge in [0.2, 0.25) is 17.7 Å². The van der Waals surface area contributed by atoms with E-state index in [0.717, 1.165) is 12.0 Å². The largest absolute Gasteiger partial charge is 0.480 e. The molecule has 1 N–H and O–H groups in total. The molecule has 0 spiro atoms. The van der Waals surface area contributed by atoms with Gasteiger partial charge in [0.1, 0.15) is 11.6 Å². The topological polar surface area (TPSA) is 88.2 Å². The predicted octanol–water partition coefficient (Wildman–Crippen LogP) is 3.60. The Labute approximate surface area is 206 Å². The quantitative estimate of drug-likeness (QED) is 0.697. The zero-order valence-electron chi connectivity index (χ0n) is 21.4. The summed E-state index contributed by atoms with van der Waals surface area (Å²) in [7, 11) is 1.80. The predicted molar refractivity (Wildman–Crippen MR) is 131 cm³/mol. The van der Waals surface area contributed by atoms with Crippen molar-refractivity contribution in [3.63, 3.8) is 0 Å². The van der Waals surface area contributed by atoms with Gasteiger partial charge in [-0.05, 0) is 56.2 Å². The number of carbonyl (C=O) groups is 3. The number of nitrogens with zero attached hydrogens (tertiary/aromatic N) is 2. The number of hydrogen-bond acceptors (Lipinski definition) is 5. The first-order chi connectivity index (χ1) is 16.4. The van der Waals surface area contributed by atoms with Gasteiger partial charge < -0.3 is 24.6 Å². The highest BCUT2D eigenvalue weighted by Crippen LogP contribution is 2.57. The molecule has 1 aromatic rings. The van der Waals surface area contributed by atoms with E-state index in [9.17, 15) is 14.4 Å². The number of hydrogen-bond donors (Lipinski definition) is 1. The van der Waals surface area contributed by atoms with Gasteiger partial charge in [0, 0.05) is 20.0 Å². The molecule has 2 fully saturated rings. The molecular formula is C27H35N3O5. The molecule has 8 nitrogen and oxygen atoms in total. The molecule has 0 unspecified atom stereocenters. The molecule has 0 radical (unpaired) electrons. The Hall–Kier alpha value is -3.03. The van der Waals surface area contributed by atoms with Crippen LogP contribution < -0.4 is 14.8 Å². The molecule has 188 valence electrons. The van der Waals surface area contributed by atoms with E-state index in [0.29, 0.717) is 43.0 Å². The molecule has 5 rings (SSSR count). The van der Waals surface area contributed by atoms with Crippen LogP contribution in [0, 0.1) is 5.41 Å². The summed E-state index contributed by atoms with van der Waals surface area (Å²) in [5.41, 5.74) is -0.521. The van der Waals surface area contributed by atoms with Crippen molar-refractivity contribution in [2.75, 3.05) is 18.9 Å². The van der Waals surface area contributed by atoms with Gasteiger partial charge in [0.15, 0.2) is 11.5 Å². The summed E-state index contributed by atoms with van der Waals surface area (Å²) in [4.78, 5) is 43.3. The van der Waals surface area contributed by atoms with Crippen LogP contribution in [0.2, 0.25) is 0 Å². The second kappa shape index (κ2) is 7.73. The Kier molecular flexibility index (Phi) is 5.24. The van der Waals surface area contributed by atoms with Crippen LogP contribution in [0.5, 0.6) is 11.5 Å². The van der Waals surface area contributed by atoms with Crippen molar-refractivity contribution in [3.05, 3.63) is 30.0 Å². The van der Waals surface area contributed by atoms with Gasteiger partial charge in [-0.1, -0.05) is 26.8 Å². The number of ether oxygens (including phenoxy) is 2. The van der Waals surface area contributed by atoms with Crippen molar-refractivity contribution in [1.82, 2.24) is 9.80 Å². The summed E-state index contributed by atoms with van der Waals surface area (Å²) >= 11 is 0. The molecule has 3 atom stereocenters. The van der Waals surface area contributed by atoms with E-state index >= 15 is 0 Å². The van der Waals surface area contributed by atoms with Crippen molar-refractivity contribution < 1.29 is 23.9 Å². The maximum absolute atomic E-state index is 13.9. The van der Waals surface area contributed by atoms with Gasteiger partial charge in [0.25, 0.3) is 0 Å². The lowest BCUT2D eigenvalue weighted by Gasteiger charge is -2.50. The monoisotopic (exact) mass is 481 g/mol. The average molecular weight is 482 g/mol. The number of piperazine rings is 1. The highest BCUT2D eigenvalue weighted by atomic mass is 16.5. The van der Waals surface area contributed by atoms with E-state index in [2.05, 4.69) is 5.32 Å². The van der Waals surface area contributed by atoms with Crippen LogP contribution in [0.3, 0.4) is 0 Å². The van der Waals surface area contributed by atoms with Crippen LogP contribution in [0.15, 0.2) is 24.5 Å². The molecule has 0 saturated carbocycles. The number of anilines is 1. The summed E-state index contributed by atoms with van der Waals surface area (Å²) in [6.07, 6.45) is 5.75. The van der Waals surface area contributed by atoms with Gasteiger partial charge in [-0.25, -0.2) is 0 Å². The van der Waals surface area contributed by atoms with Gasteiger partial charge in [0.05, 0.1) is 23.4 Å². The third kappa shape index (κ3) is 3.52. The molecule has 3 amide bonds. The Morgan fingerprint density at radius 3 is 2.63 bits per heavy atom. The summed E-state index contributed by atoms with van der Waals surface area (Å²) in [5.74, 6) is 0.915. The molecule has 4 aliphatic rings. The molecule has 1 aromatic carbocycles. The maximum atomic E-state index is 13.9. The normalized spacial score (nSPS) is 29.5. The molecule has 4 aliphatic heterocycles. The van der Waals surface area contributed by atoms with Crippen LogP contribution in [0.1, 0.15) is 65.9 Å². The Morgan fingerprint density at radius 1 is 1.17 bits per heavy atom. The third-order valence-corrected chi connectivity index (χ3v) is 8.21. The summed E-state index contributed by atoms with van der Waals surface area (Å²) in [5, 5.41) is 3.10. The van der Waals surface area contributed by atoms with Crippen LogP contribution in [0.4, 0.5) is 5.69 Å². The van der Waals surface area contributed by atoms with E-state index in [1.165, 1.54) is 0 Å². The first-order valence-electron chi connectivity index (χ1n) is 12.4. The molecule has 35 heavy (non-hydrogen) atoms. The third-order valence-electron chi connectivity index (χ3n) is 8.21. The van der Waals surface area contributed by atoms with Gasteiger partial charge in [-0.3, -0.25) is 14.4 Å². The summed E-state index contributed by atoms with van der Waals surface area (Å²) < 4.78 is 12.1. The molecular weight excluding hydrogens is 446 g/mol. The minimum absolute atomic E-state index is 0.0269. The smallest absolute Gasteiger partial charge is 0.245 e. The molecule has 2 saturated heterocycles. The number of amides is 3. The fourth-order valence-corrected chi connectivity index (χ4v) is 6.15. The molecule has 0 bridgehead atoms. The van der Waals surface area contributed by atoms with Gasteiger partial charge in [-0.15, -0.1) is 0 Å². The number of rotatable bonds is 2. The fraction of sp³-hybridized carbons (Fsp3) is 0.593. The molecule has 4 heterocycles. The average Bonchev–Trinajstić information content (AvgIpc) is 2.95. The minimum Gasteiger partial charge on any atom is -0.480 e. The number of fused-ring (bicyclic) bond motifs is 4. The maximum Gasteiger partial charge on any atom is 0.245 e. The first-order valence-corrected chi connectivity index (χ1v) is 12.4. The van der Waals surface area contributed by atoms with Crippen LogP contribution >= 0.6 is 0 Å². The van der Waals surface area contributed by atoms with Crippen molar-refractivity contribution in [1.29, 1.82) is 0 Å². The van der Waals surface area contributed by atoms with Gasteiger partial charge in [-0.2, -0.15) is 0 Å².